The van der Waals surface area contributed by atoms with Crippen LogP contribution in [0.25, 0.3) is 0 Å². The zero-order valence-electron chi connectivity index (χ0n) is 20.2. The maximum Gasteiger partial charge on any atom is 0.310 e. The topological polar surface area (TPSA) is 107 Å². The number of likely N-dealkylation sites (tertiary alicyclic amines) is 1. The fourth-order valence-electron chi connectivity index (χ4n) is 6.21. The normalized spacial score (nSPS) is 30.5. The van der Waals surface area contributed by atoms with Gasteiger partial charge < -0.3 is 24.7 Å². The quantitative estimate of drug-likeness (QED) is 0.234. The van der Waals surface area contributed by atoms with E-state index in [1.54, 1.807) is 18.2 Å². The molecule has 1 aromatic rings. The summed E-state index contributed by atoms with van der Waals surface area (Å²) in [4.78, 5) is 43.2. The lowest BCUT2D eigenvalue weighted by Crippen LogP contribution is -2.57. The third-order valence-electron chi connectivity index (χ3n) is 7.65. The molecule has 3 unspecified atom stereocenters. The van der Waals surface area contributed by atoms with Gasteiger partial charge in [-0.3, -0.25) is 14.4 Å². The Morgan fingerprint density at radius 3 is 2.69 bits per heavy atom. The summed E-state index contributed by atoms with van der Waals surface area (Å²) >= 11 is 10.1. The summed E-state index contributed by atoms with van der Waals surface area (Å²) < 4.78 is 6.34. The minimum Gasteiger partial charge on any atom is -0.481 e. The van der Waals surface area contributed by atoms with Crippen molar-refractivity contribution >= 4 is 51.0 Å². The summed E-state index contributed by atoms with van der Waals surface area (Å²) in [6.45, 7) is 6.24. The van der Waals surface area contributed by atoms with Gasteiger partial charge in [-0.25, -0.2) is 0 Å². The number of anilines is 1. The molecule has 4 rings (SSSR count). The number of aryl methyl sites for hydroxylation is 1. The van der Waals surface area contributed by atoms with Crippen LogP contribution in [-0.4, -0.2) is 75.2 Å². The van der Waals surface area contributed by atoms with Gasteiger partial charge in [-0.2, -0.15) is 0 Å². The molecule has 36 heavy (non-hydrogen) atoms. The monoisotopic (exact) mass is 582 g/mol. The summed E-state index contributed by atoms with van der Waals surface area (Å²) in [5, 5.41) is 19.5. The highest BCUT2D eigenvalue weighted by atomic mass is 79.9. The van der Waals surface area contributed by atoms with Gasteiger partial charge in [-0.05, 0) is 37.8 Å². The number of aliphatic hydroxyl groups excluding tert-OH is 1. The Bertz CT molecular complexity index is 1030. The second-order valence-corrected chi connectivity index (χ2v) is 11.4. The van der Waals surface area contributed by atoms with Crippen molar-refractivity contribution < 1.29 is 29.3 Å². The molecule has 0 aromatic heterocycles. The van der Waals surface area contributed by atoms with Gasteiger partial charge in [0.25, 0.3) is 5.91 Å². The molecule has 3 aliphatic heterocycles. The van der Waals surface area contributed by atoms with E-state index in [1.165, 1.54) is 9.80 Å². The molecule has 0 radical (unpaired) electrons. The number of hydrogen-bond donors (Lipinski definition) is 2. The smallest absolute Gasteiger partial charge is 0.310 e. The molecule has 196 valence electrons. The number of alkyl halides is 1. The van der Waals surface area contributed by atoms with E-state index in [0.717, 1.165) is 18.4 Å². The number of hydrogen-bond acceptors (Lipinski definition) is 5. The van der Waals surface area contributed by atoms with E-state index in [1.807, 2.05) is 13.0 Å². The SMILES string of the molecule is C=CCN(C(=O)C1N(CCCCCCO)C(=O)[C@@H]2[C@H](C(=O)O)[C@H]3OC12CC3Br)c1c(C)cccc1Cl. The number of fused-ring (bicyclic) bond motifs is 1. The van der Waals surface area contributed by atoms with Crippen LogP contribution in [-0.2, 0) is 19.1 Å². The van der Waals surface area contributed by atoms with E-state index in [2.05, 4.69) is 22.5 Å². The molecule has 8 nitrogen and oxygen atoms in total. The third-order valence-corrected chi connectivity index (χ3v) is 8.80. The van der Waals surface area contributed by atoms with Gasteiger partial charge >= 0.3 is 5.97 Å². The summed E-state index contributed by atoms with van der Waals surface area (Å²) in [6.07, 6.45) is 4.14. The summed E-state index contributed by atoms with van der Waals surface area (Å²) in [5.41, 5.74) is 0.0949. The number of halogens is 2. The average molecular weight is 584 g/mol. The molecule has 3 aliphatic rings. The van der Waals surface area contributed by atoms with Crippen LogP contribution in [0, 0.1) is 18.8 Å². The number of rotatable bonds is 11. The van der Waals surface area contributed by atoms with Gasteiger partial charge in [-0.1, -0.05) is 58.6 Å². The zero-order valence-corrected chi connectivity index (χ0v) is 22.6. The minimum atomic E-state index is -1.24. The number of unbranched alkanes of at least 4 members (excludes halogenated alkanes) is 3. The number of ether oxygens (including phenoxy) is 1. The van der Waals surface area contributed by atoms with Crippen LogP contribution in [0.4, 0.5) is 5.69 Å². The second-order valence-electron chi connectivity index (χ2n) is 9.81. The molecule has 3 heterocycles. The largest absolute Gasteiger partial charge is 0.481 e. The average Bonchev–Trinajstić information content (AvgIpc) is 3.41. The fourth-order valence-corrected chi connectivity index (χ4v) is 7.48. The molecule has 10 heteroatoms. The number of aliphatic hydroxyl groups is 1. The number of amides is 2. The second kappa shape index (κ2) is 10.8. The van der Waals surface area contributed by atoms with Crippen molar-refractivity contribution in [2.75, 3.05) is 24.6 Å². The molecule has 1 spiro atoms. The molecule has 0 aliphatic carbocycles. The van der Waals surface area contributed by atoms with Crippen molar-refractivity contribution in [3.05, 3.63) is 41.4 Å². The lowest BCUT2D eigenvalue weighted by molar-refractivity contribution is -0.149. The van der Waals surface area contributed by atoms with Crippen LogP contribution in [0.3, 0.4) is 0 Å². The Morgan fingerprint density at radius 2 is 2.06 bits per heavy atom. The Hall–Kier alpha value is -1.94. The number of carboxylic acid groups (broad SMARTS) is 1. The fraction of sp³-hybridized carbons (Fsp3) is 0.577. The molecular weight excluding hydrogens is 552 g/mol. The maximum atomic E-state index is 14.4. The van der Waals surface area contributed by atoms with Crippen molar-refractivity contribution in [3.8, 4) is 0 Å². The summed E-state index contributed by atoms with van der Waals surface area (Å²) in [7, 11) is 0. The Balaban J connectivity index is 1.76. The van der Waals surface area contributed by atoms with E-state index in [0.29, 0.717) is 36.5 Å². The third kappa shape index (κ3) is 4.38. The van der Waals surface area contributed by atoms with Crippen LogP contribution in [0.1, 0.15) is 37.7 Å². The van der Waals surface area contributed by atoms with Crippen molar-refractivity contribution in [2.24, 2.45) is 11.8 Å². The molecule has 3 fully saturated rings. The van der Waals surface area contributed by atoms with Gasteiger partial charge in [0.05, 0.1) is 28.6 Å². The highest BCUT2D eigenvalue weighted by Crippen LogP contribution is 2.60. The van der Waals surface area contributed by atoms with Crippen LogP contribution >= 0.6 is 27.5 Å². The van der Waals surface area contributed by atoms with Crippen LogP contribution < -0.4 is 4.90 Å². The van der Waals surface area contributed by atoms with E-state index in [9.17, 15) is 19.5 Å². The number of carbonyl (C=O) groups excluding carboxylic acids is 2. The van der Waals surface area contributed by atoms with Crippen LogP contribution in [0.5, 0.6) is 0 Å². The predicted octanol–water partition coefficient (Wildman–Crippen LogP) is 3.55. The number of nitrogens with zero attached hydrogens (tertiary/aromatic N) is 2. The number of aliphatic carboxylic acids is 1. The standard InChI is InChI=1S/C26H32BrClN2O6/c1-3-11-29(20-15(2)9-8-10-17(20)28)24(33)22-26-14-16(27)21(36-26)18(25(34)35)19(26)23(32)30(22)12-6-4-5-7-13-31/h3,8-10,16,18-19,21-22,31H,1,4-7,11-14H2,2H3,(H,34,35)/t16?,18-,19-,21-,22?,26?/m0/s1. The van der Waals surface area contributed by atoms with E-state index in [-0.39, 0.29) is 29.8 Å². The molecule has 1 aromatic carbocycles. The summed E-state index contributed by atoms with van der Waals surface area (Å²) in [5.74, 6) is -3.76. The van der Waals surface area contributed by atoms with Crippen molar-refractivity contribution in [1.82, 2.24) is 4.90 Å². The first-order valence-corrected chi connectivity index (χ1v) is 13.6. The number of carboxylic acids is 1. The number of carbonyl (C=O) groups is 3. The molecule has 2 bridgehead atoms. The molecule has 2 amide bonds. The predicted molar refractivity (Wildman–Crippen MR) is 139 cm³/mol. The highest BCUT2D eigenvalue weighted by molar-refractivity contribution is 9.09. The van der Waals surface area contributed by atoms with Crippen molar-refractivity contribution in [3.63, 3.8) is 0 Å². The zero-order chi connectivity index (χ0) is 26.2. The lowest BCUT2D eigenvalue weighted by Gasteiger charge is -2.37. The van der Waals surface area contributed by atoms with Crippen molar-refractivity contribution in [1.29, 1.82) is 0 Å². The van der Waals surface area contributed by atoms with Crippen LogP contribution in [0.2, 0.25) is 5.02 Å². The maximum absolute atomic E-state index is 14.4. The van der Waals surface area contributed by atoms with E-state index < -0.39 is 35.6 Å². The van der Waals surface area contributed by atoms with Gasteiger partial charge in [0.15, 0.2) is 0 Å². The first kappa shape index (κ1) is 27.1. The molecule has 0 saturated carbocycles. The van der Waals surface area contributed by atoms with Crippen molar-refractivity contribution in [2.45, 2.75) is 61.6 Å². The highest BCUT2D eigenvalue weighted by Gasteiger charge is 2.76. The first-order chi connectivity index (χ1) is 17.2. The minimum absolute atomic E-state index is 0.102. The van der Waals surface area contributed by atoms with Crippen LogP contribution in [0.15, 0.2) is 30.9 Å². The summed E-state index contributed by atoms with van der Waals surface area (Å²) in [6, 6.07) is 4.38. The molecular formula is C26H32BrClN2O6. The lowest BCUT2D eigenvalue weighted by atomic mass is 9.70. The molecule has 6 atom stereocenters. The van der Waals surface area contributed by atoms with E-state index in [4.69, 9.17) is 21.4 Å². The Morgan fingerprint density at radius 1 is 1.33 bits per heavy atom. The Kier molecular flexibility index (Phi) is 8.14. The van der Waals surface area contributed by atoms with Gasteiger partial charge in [-0.15, -0.1) is 6.58 Å². The number of para-hydroxylation sites is 1. The van der Waals surface area contributed by atoms with Gasteiger partial charge in [0, 0.05) is 24.5 Å². The van der Waals surface area contributed by atoms with Gasteiger partial charge in [0.1, 0.15) is 11.6 Å². The Labute approximate surface area is 224 Å². The van der Waals surface area contributed by atoms with E-state index >= 15 is 0 Å². The molecule has 3 saturated heterocycles. The number of benzene rings is 1. The first-order valence-electron chi connectivity index (χ1n) is 12.3. The van der Waals surface area contributed by atoms with Gasteiger partial charge in [0.2, 0.25) is 5.91 Å². The molecule has 2 N–H and O–H groups in total.